The van der Waals surface area contributed by atoms with Gasteiger partial charge in [-0.3, -0.25) is 0 Å². The van der Waals surface area contributed by atoms with Gasteiger partial charge in [0, 0.05) is 18.3 Å². The highest BCUT2D eigenvalue weighted by molar-refractivity contribution is 5.05. The molecule has 1 aromatic heterocycles. The Morgan fingerprint density at radius 3 is 1.76 bits per heavy atom. The molecular formula is C23H38N2. The predicted molar refractivity (Wildman–Crippen MR) is 106 cm³/mol. The van der Waals surface area contributed by atoms with Crippen LogP contribution in [-0.4, -0.2) is 9.97 Å². The molecule has 2 fully saturated rings. The Kier molecular flexibility index (Phi) is 7.31. The van der Waals surface area contributed by atoms with E-state index in [1.54, 1.807) is 0 Å². The second-order valence-electron chi connectivity index (χ2n) is 8.94. The SMILES string of the molecule is CCCCC1CCC(CCC2CCC(c3ncc(C)cn3)CC2)CC1. The highest BCUT2D eigenvalue weighted by Gasteiger charge is 2.26. The van der Waals surface area contributed by atoms with Gasteiger partial charge >= 0.3 is 0 Å². The van der Waals surface area contributed by atoms with Crippen LogP contribution >= 0.6 is 0 Å². The number of aromatic nitrogens is 2. The van der Waals surface area contributed by atoms with Crippen molar-refractivity contribution in [3.05, 3.63) is 23.8 Å². The third-order valence-corrected chi connectivity index (χ3v) is 6.93. The van der Waals surface area contributed by atoms with Gasteiger partial charge in [-0.15, -0.1) is 0 Å². The van der Waals surface area contributed by atoms with Gasteiger partial charge in [-0.2, -0.15) is 0 Å². The van der Waals surface area contributed by atoms with Gasteiger partial charge < -0.3 is 0 Å². The predicted octanol–water partition coefficient (Wildman–Crippen LogP) is 6.84. The summed E-state index contributed by atoms with van der Waals surface area (Å²) in [7, 11) is 0. The molecule has 0 spiro atoms. The number of hydrogen-bond acceptors (Lipinski definition) is 2. The van der Waals surface area contributed by atoms with Crippen molar-refractivity contribution in [2.24, 2.45) is 17.8 Å². The third-order valence-electron chi connectivity index (χ3n) is 6.93. The molecule has 0 aliphatic heterocycles. The smallest absolute Gasteiger partial charge is 0.131 e. The van der Waals surface area contributed by atoms with Crippen LogP contribution < -0.4 is 0 Å². The lowest BCUT2D eigenvalue weighted by Gasteiger charge is -2.31. The van der Waals surface area contributed by atoms with E-state index in [-0.39, 0.29) is 0 Å². The summed E-state index contributed by atoms with van der Waals surface area (Å²) >= 11 is 0. The number of nitrogens with zero attached hydrogens (tertiary/aromatic N) is 2. The summed E-state index contributed by atoms with van der Waals surface area (Å²) in [6.45, 7) is 4.39. The van der Waals surface area contributed by atoms with Gasteiger partial charge in [-0.1, -0.05) is 64.7 Å². The van der Waals surface area contributed by atoms with Gasteiger partial charge in [0.15, 0.2) is 0 Å². The Morgan fingerprint density at radius 1 is 0.760 bits per heavy atom. The quantitative estimate of drug-likeness (QED) is 0.542. The maximum Gasteiger partial charge on any atom is 0.131 e. The van der Waals surface area contributed by atoms with Gasteiger partial charge in [0.05, 0.1) is 0 Å². The van der Waals surface area contributed by atoms with Crippen LogP contribution in [0, 0.1) is 24.7 Å². The lowest BCUT2D eigenvalue weighted by atomic mass is 9.75. The largest absolute Gasteiger partial charge is 0.241 e. The first-order valence-corrected chi connectivity index (χ1v) is 11.0. The summed E-state index contributed by atoms with van der Waals surface area (Å²) in [5.74, 6) is 4.77. The monoisotopic (exact) mass is 342 g/mol. The first kappa shape index (κ1) is 18.9. The van der Waals surface area contributed by atoms with E-state index >= 15 is 0 Å². The molecule has 3 rings (SSSR count). The molecule has 2 heteroatoms. The van der Waals surface area contributed by atoms with Crippen LogP contribution in [0.1, 0.15) is 108 Å². The summed E-state index contributed by atoms with van der Waals surface area (Å²) in [4.78, 5) is 9.13. The van der Waals surface area contributed by atoms with E-state index in [0.29, 0.717) is 5.92 Å². The maximum atomic E-state index is 4.56. The molecular weight excluding hydrogens is 304 g/mol. The molecule has 0 bridgehead atoms. The van der Waals surface area contributed by atoms with Crippen LogP contribution in [0.15, 0.2) is 12.4 Å². The minimum absolute atomic E-state index is 0.617. The molecule has 25 heavy (non-hydrogen) atoms. The fraction of sp³-hybridized carbons (Fsp3) is 0.826. The van der Waals surface area contributed by atoms with Crippen molar-refractivity contribution in [1.82, 2.24) is 9.97 Å². The van der Waals surface area contributed by atoms with Gasteiger partial charge in [-0.05, 0) is 55.9 Å². The molecule has 0 N–H and O–H groups in total. The zero-order valence-corrected chi connectivity index (χ0v) is 16.6. The van der Waals surface area contributed by atoms with Crippen molar-refractivity contribution < 1.29 is 0 Å². The summed E-state index contributed by atoms with van der Waals surface area (Å²) in [5.41, 5.74) is 1.17. The third kappa shape index (κ3) is 5.79. The lowest BCUT2D eigenvalue weighted by molar-refractivity contribution is 0.222. The Balaban J connectivity index is 1.32. The first-order chi connectivity index (χ1) is 12.2. The molecule has 1 heterocycles. The highest BCUT2D eigenvalue weighted by atomic mass is 14.9. The van der Waals surface area contributed by atoms with Gasteiger partial charge in [-0.25, -0.2) is 9.97 Å². The fourth-order valence-corrected chi connectivity index (χ4v) is 5.10. The molecule has 0 unspecified atom stereocenters. The normalized spacial score (nSPS) is 30.3. The summed E-state index contributed by atoms with van der Waals surface area (Å²) in [6.07, 6.45) is 22.7. The van der Waals surface area contributed by atoms with Crippen molar-refractivity contribution in [3.63, 3.8) is 0 Å². The molecule has 0 atom stereocenters. The van der Waals surface area contributed by atoms with E-state index in [1.165, 1.54) is 89.0 Å². The molecule has 0 amide bonds. The van der Waals surface area contributed by atoms with Crippen molar-refractivity contribution in [1.29, 1.82) is 0 Å². The molecule has 2 saturated carbocycles. The van der Waals surface area contributed by atoms with Crippen LogP contribution in [0.2, 0.25) is 0 Å². The van der Waals surface area contributed by atoms with Crippen LogP contribution in [0.25, 0.3) is 0 Å². The zero-order valence-electron chi connectivity index (χ0n) is 16.6. The minimum atomic E-state index is 0.617. The second kappa shape index (κ2) is 9.69. The van der Waals surface area contributed by atoms with Gasteiger partial charge in [0.1, 0.15) is 5.82 Å². The molecule has 0 aromatic carbocycles. The standard InChI is InChI=1S/C23H38N2/c1-3-4-5-19-6-8-20(9-7-19)10-11-21-12-14-22(15-13-21)23-24-16-18(2)17-25-23/h16-17,19-22H,3-15H2,1-2H3. The molecule has 1 aromatic rings. The van der Waals surface area contributed by atoms with E-state index in [2.05, 4.69) is 23.8 Å². The van der Waals surface area contributed by atoms with E-state index in [4.69, 9.17) is 0 Å². The minimum Gasteiger partial charge on any atom is -0.241 e. The average Bonchev–Trinajstić information content (AvgIpc) is 2.67. The number of hydrogen-bond donors (Lipinski definition) is 0. The van der Waals surface area contributed by atoms with E-state index in [1.807, 2.05) is 12.4 Å². The van der Waals surface area contributed by atoms with E-state index in [9.17, 15) is 0 Å². The average molecular weight is 343 g/mol. The topological polar surface area (TPSA) is 25.8 Å². The van der Waals surface area contributed by atoms with Crippen LogP contribution in [-0.2, 0) is 0 Å². The van der Waals surface area contributed by atoms with E-state index < -0.39 is 0 Å². The van der Waals surface area contributed by atoms with Crippen LogP contribution in [0.5, 0.6) is 0 Å². The van der Waals surface area contributed by atoms with Crippen LogP contribution in [0.3, 0.4) is 0 Å². The number of unbranched alkanes of at least 4 members (excludes halogenated alkanes) is 1. The van der Waals surface area contributed by atoms with E-state index in [0.717, 1.165) is 23.6 Å². The molecule has 0 radical (unpaired) electrons. The van der Waals surface area contributed by atoms with Crippen molar-refractivity contribution in [2.45, 2.75) is 103 Å². The van der Waals surface area contributed by atoms with Gasteiger partial charge in [0.25, 0.3) is 0 Å². The van der Waals surface area contributed by atoms with Crippen molar-refractivity contribution >= 4 is 0 Å². The summed E-state index contributed by atoms with van der Waals surface area (Å²) in [5, 5.41) is 0. The second-order valence-corrected chi connectivity index (χ2v) is 8.94. The highest BCUT2D eigenvalue weighted by Crippen LogP contribution is 2.39. The first-order valence-electron chi connectivity index (χ1n) is 11.0. The molecule has 2 aliphatic carbocycles. The van der Waals surface area contributed by atoms with Gasteiger partial charge in [0.2, 0.25) is 0 Å². The van der Waals surface area contributed by atoms with Crippen molar-refractivity contribution in [2.75, 3.05) is 0 Å². The Labute approximate surface area is 155 Å². The Morgan fingerprint density at radius 2 is 1.24 bits per heavy atom. The lowest BCUT2D eigenvalue weighted by Crippen LogP contribution is -2.18. The summed E-state index contributed by atoms with van der Waals surface area (Å²) in [6, 6.07) is 0. The Bertz CT molecular complexity index is 479. The van der Waals surface area contributed by atoms with Crippen LogP contribution in [0.4, 0.5) is 0 Å². The Hall–Kier alpha value is -0.920. The van der Waals surface area contributed by atoms with Crippen molar-refractivity contribution in [3.8, 4) is 0 Å². The molecule has 2 nitrogen and oxygen atoms in total. The number of rotatable bonds is 7. The zero-order chi connectivity index (χ0) is 17.5. The summed E-state index contributed by atoms with van der Waals surface area (Å²) < 4.78 is 0. The molecule has 140 valence electrons. The molecule has 0 saturated heterocycles. The fourth-order valence-electron chi connectivity index (χ4n) is 5.10. The number of aryl methyl sites for hydroxylation is 1. The molecule has 2 aliphatic rings. The maximum absolute atomic E-state index is 4.56.